The zero-order chi connectivity index (χ0) is 22.0. The van der Waals surface area contributed by atoms with Gasteiger partial charge in [0.1, 0.15) is 0 Å². The van der Waals surface area contributed by atoms with Crippen LogP contribution in [0.5, 0.6) is 0 Å². The van der Waals surface area contributed by atoms with E-state index in [1.54, 1.807) is 0 Å². The van der Waals surface area contributed by atoms with Crippen LogP contribution in [-0.4, -0.2) is 57.8 Å². The van der Waals surface area contributed by atoms with Crippen molar-refractivity contribution >= 4 is 25.3 Å². The molecule has 166 valence electrons. The molecule has 0 atom stereocenters. The van der Waals surface area contributed by atoms with Gasteiger partial charge in [0.25, 0.3) is 0 Å². The van der Waals surface area contributed by atoms with Gasteiger partial charge in [-0.2, -0.15) is 0 Å². The van der Waals surface area contributed by atoms with E-state index < -0.39 is 8.45 Å². The number of hydrogen-bond acceptors (Lipinski definition) is 6. The molecule has 0 aliphatic rings. The molecule has 0 heterocycles. The predicted octanol–water partition coefficient (Wildman–Crippen LogP) is 6.06. The summed E-state index contributed by atoms with van der Waals surface area (Å²) in [5.41, 5.74) is 1.90. The molecule has 0 aliphatic carbocycles. The molecular formula is C21H43N2O3PS. The highest BCUT2D eigenvalue weighted by Gasteiger charge is 2.34. The molecule has 0 aromatic carbocycles. The minimum absolute atomic E-state index is 0.128. The van der Waals surface area contributed by atoms with E-state index in [1.807, 2.05) is 20.8 Å². The Morgan fingerprint density at radius 1 is 0.857 bits per heavy atom. The Bertz CT molecular complexity index is 456. The van der Waals surface area contributed by atoms with Gasteiger partial charge >= 0.3 is 0 Å². The highest BCUT2D eigenvalue weighted by atomic mass is 32.2. The topological polar surface area (TPSA) is 42.0 Å². The number of hydrogen-bond donors (Lipinski definition) is 0. The van der Waals surface area contributed by atoms with Gasteiger partial charge in [-0.1, -0.05) is 17.3 Å². The monoisotopic (exact) mass is 434 g/mol. The van der Waals surface area contributed by atoms with E-state index in [-0.39, 0.29) is 11.9 Å². The third kappa shape index (κ3) is 9.69. The Morgan fingerprint density at radius 2 is 1.29 bits per heavy atom. The Hall–Kier alpha value is 0.0300. The first kappa shape index (κ1) is 28.0. The molecule has 0 aromatic heterocycles. The van der Waals surface area contributed by atoms with Crippen LogP contribution in [0.1, 0.15) is 76.2 Å². The van der Waals surface area contributed by atoms with Gasteiger partial charge in [-0.05, 0) is 76.2 Å². The molecule has 0 saturated heterocycles. The third-order valence-corrected chi connectivity index (χ3v) is 8.19. The molecule has 0 aromatic rings. The summed E-state index contributed by atoms with van der Waals surface area (Å²) in [6.45, 7) is 24.3. The second-order valence-electron chi connectivity index (χ2n) is 8.30. The number of ether oxygens (including phenoxy) is 1. The first-order valence-electron chi connectivity index (χ1n) is 10.3. The second-order valence-corrected chi connectivity index (χ2v) is 11.1. The van der Waals surface area contributed by atoms with Crippen molar-refractivity contribution in [1.82, 2.24) is 9.34 Å². The largest absolute Gasteiger partial charge is 0.354 e. The van der Waals surface area contributed by atoms with E-state index in [4.69, 9.17) is 9.26 Å². The summed E-state index contributed by atoms with van der Waals surface area (Å²) in [5.74, 6) is 0.640. The van der Waals surface area contributed by atoms with Crippen LogP contribution in [0, 0.1) is 0 Å². The first-order chi connectivity index (χ1) is 12.9. The van der Waals surface area contributed by atoms with Crippen molar-refractivity contribution in [2.24, 2.45) is 0 Å². The van der Waals surface area contributed by atoms with Crippen LogP contribution in [0.2, 0.25) is 0 Å². The molecule has 0 unspecified atom stereocenters. The first-order valence-corrected chi connectivity index (χ1v) is 12.4. The number of carbonyl (C=O) groups is 1. The van der Waals surface area contributed by atoms with Gasteiger partial charge in [-0.15, -0.1) is 0 Å². The van der Waals surface area contributed by atoms with Gasteiger partial charge in [0.2, 0.25) is 5.12 Å². The molecule has 28 heavy (non-hydrogen) atoms. The number of rotatable bonds is 13. The maximum absolute atomic E-state index is 12.0. The standard InChI is InChI=1S/C21H43N2O3PS/c1-15(2)20(11)21(24)28-13-12-25-14-26-27(22(16(3)4)17(5)6)23(18(7)8)19(9)10/h16-19H,12-14H2,1-11H3. The van der Waals surface area contributed by atoms with Crippen molar-refractivity contribution in [3.8, 4) is 0 Å². The molecule has 0 spiro atoms. The summed E-state index contributed by atoms with van der Waals surface area (Å²) in [5, 5.41) is 0.128. The summed E-state index contributed by atoms with van der Waals surface area (Å²) in [6, 6.07) is 1.52. The molecule has 0 fully saturated rings. The highest BCUT2D eigenvalue weighted by molar-refractivity contribution is 8.14. The minimum atomic E-state index is -0.937. The zero-order valence-corrected chi connectivity index (χ0v) is 21.6. The summed E-state index contributed by atoms with van der Waals surface area (Å²) < 4.78 is 16.9. The fourth-order valence-electron chi connectivity index (χ4n) is 2.88. The van der Waals surface area contributed by atoms with E-state index in [0.29, 0.717) is 36.5 Å². The molecule has 0 bridgehead atoms. The van der Waals surface area contributed by atoms with Crippen molar-refractivity contribution in [2.45, 2.75) is 100 Å². The van der Waals surface area contributed by atoms with Crippen molar-refractivity contribution in [3.63, 3.8) is 0 Å². The smallest absolute Gasteiger partial charge is 0.215 e. The molecule has 5 nitrogen and oxygen atoms in total. The maximum atomic E-state index is 12.0. The fourth-order valence-corrected chi connectivity index (χ4v) is 5.95. The molecule has 0 aliphatic heterocycles. The Morgan fingerprint density at radius 3 is 1.64 bits per heavy atom. The number of allylic oxidation sites excluding steroid dienone is 1. The van der Waals surface area contributed by atoms with Crippen LogP contribution in [0.25, 0.3) is 0 Å². The maximum Gasteiger partial charge on any atom is 0.215 e. The lowest BCUT2D eigenvalue weighted by Crippen LogP contribution is -2.43. The minimum Gasteiger partial charge on any atom is -0.354 e. The number of nitrogens with zero attached hydrogens (tertiary/aromatic N) is 2. The van der Waals surface area contributed by atoms with Crippen molar-refractivity contribution in [3.05, 3.63) is 11.1 Å². The highest BCUT2D eigenvalue weighted by Crippen LogP contribution is 2.50. The lowest BCUT2D eigenvalue weighted by atomic mass is 10.2. The van der Waals surface area contributed by atoms with Crippen molar-refractivity contribution < 1.29 is 14.1 Å². The van der Waals surface area contributed by atoms with Gasteiger partial charge in [0.05, 0.1) is 6.61 Å². The Balaban J connectivity index is 4.82. The van der Waals surface area contributed by atoms with Crippen molar-refractivity contribution in [1.29, 1.82) is 0 Å². The van der Waals surface area contributed by atoms with Crippen LogP contribution < -0.4 is 0 Å². The van der Waals surface area contributed by atoms with Crippen LogP contribution in [0.4, 0.5) is 0 Å². The third-order valence-electron chi connectivity index (χ3n) is 4.28. The molecule has 0 amide bonds. The summed E-state index contributed by atoms with van der Waals surface area (Å²) in [4.78, 5) is 12.0. The van der Waals surface area contributed by atoms with Crippen LogP contribution in [0.15, 0.2) is 11.1 Å². The number of carbonyl (C=O) groups excluding carboxylic acids is 1. The quantitative estimate of drug-likeness (QED) is 0.152. The van der Waals surface area contributed by atoms with E-state index in [1.165, 1.54) is 11.8 Å². The molecular weight excluding hydrogens is 391 g/mol. The van der Waals surface area contributed by atoms with Gasteiger partial charge in [-0.3, -0.25) is 4.79 Å². The fraction of sp³-hybridized carbons (Fsp3) is 0.857. The average Bonchev–Trinajstić information content (AvgIpc) is 2.55. The van der Waals surface area contributed by atoms with E-state index in [0.717, 1.165) is 11.1 Å². The SMILES string of the molecule is CC(C)=C(C)C(=O)SCCOCOP(N(C(C)C)C(C)C)N(C(C)C)C(C)C. The summed E-state index contributed by atoms with van der Waals surface area (Å²) >= 11 is 1.31. The molecule has 0 saturated carbocycles. The number of thioether (sulfide) groups is 1. The van der Waals surface area contributed by atoms with E-state index in [2.05, 4.69) is 64.7 Å². The Labute approximate surface area is 179 Å². The Kier molecular flexibility index (Phi) is 14.1. The van der Waals surface area contributed by atoms with E-state index >= 15 is 0 Å². The van der Waals surface area contributed by atoms with Gasteiger partial charge in [-0.25, -0.2) is 9.34 Å². The van der Waals surface area contributed by atoms with Crippen LogP contribution in [-0.2, 0) is 14.1 Å². The normalized spacial score (nSPS) is 12.5. The zero-order valence-electron chi connectivity index (χ0n) is 19.9. The van der Waals surface area contributed by atoms with Gasteiger partial charge in [0.15, 0.2) is 15.2 Å². The van der Waals surface area contributed by atoms with Gasteiger partial charge < -0.3 is 9.26 Å². The molecule has 0 rings (SSSR count). The van der Waals surface area contributed by atoms with E-state index in [9.17, 15) is 4.79 Å². The second kappa shape index (κ2) is 14.1. The van der Waals surface area contributed by atoms with Crippen LogP contribution in [0.3, 0.4) is 0 Å². The molecule has 7 heteroatoms. The molecule has 0 N–H and O–H groups in total. The van der Waals surface area contributed by atoms with Crippen molar-refractivity contribution in [2.75, 3.05) is 19.2 Å². The average molecular weight is 435 g/mol. The lowest BCUT2D eigenvalue weighted by Gasteiger charge is -2.45. The van der Waals surface area contributed by atoms with Crippen LogP contribution >= 0.6 is 20.2 Å². The summed E-state index contributed by atoms with van der Waals surface area (Å²) in [7, 11) is -0.937. The lowest BCUT2D eigenvalue weighted by molar-refractivity contribution is -0.107. The molecule has 0 radical (unpaired) electrons. The summed E-state index contributed by atoms with van der Waals surface area (Å²) in [6.07, 6.45) is 0. The van der Waals surface area contributed by atoms with Gasteiger partial charge in [0, 0.05) is 35.5 Å². The predicted molar refractivity (Wildman–Crippen MR) is 125 cm³/mol.